The Bertz CT molecular complexity index is 545. The molecule has 0 bridgehead atoms. The molecule has 0 saturated heterocycles. The summed E-state index contributed by atoms with van der Waals surface area (Å²) in [6, 6.07) is 7.65. The summed E-state index contributed by atoms with van der Waals surface area (Å²) in [6.45, 7) is 0. The molecule has 0 saturated carbocycles. The standard InChI is InChI=1S/C10H7BrF2N2O/c11-6-1-3-7(4-2-6)15-9(16)5-8(14-15)10(12)13/h1-5,10,14H. The zero-order valence-electron chi connectivity index (χ0n) is 7.95. The van der Waals surface area contributed by atoms with Crippen molar-refractivity contribution in [3.63, 3.8) is 0 Å². The molecule has 3 nitrogen and oxygen atoms in total. The number of hydrogen-bond donors (Lipinski definition) is 1. The Morgan fingerprint density at radius 2 is 1.88 bits per heavy atom. The van der Waals surface area contributed by atoms with Crippen LogP contribution >= 0.6 is 15.9 Å². The first-order chi connectivity index (χ1) is 7.58. The molecule has 0 fully saturated rings. The fraction of sp³-hybridized carbons (Fsp3) is 0.100. The summed E-state index contributed by atoms with van der Waals surface area (Å²) < 4.78 is 26.6. The van der Waals surface area contributed by atoms with Crippen LogP contribution in [0.1, 0.15) is 12.1 Å². The topological polar surface area (TPSA) is 37.8 Å². The molecule has 84 valence electrons. The molecule has 2 rings (SSSR count). The Kier molecular flexibility index (Phi) is 2.91. The van der Waals surface area contributed by atoms with E-state index < -0.39 is 12.0 Å². The summed E-state index contributed by atoms with van der Waals surface area (Å²) in [6.07, 6.45) is -2.68. The molecule has 16 heavy (non-hydrogen) atoms. The Hall–Kier alpha value is -1.43. The van der Waals surface area contributed by atoms with Gasteiger partial charge < -0.3 is 0 Å². The maximum Gasteiger partial charge on any atom is 0.279 e. The highest BCUT2D eigenvalue weighted by molar-refractivity contribution is 9.10. The monoisotopic (exact) mass is 288 g/mol. The van der Waals surface area contributed by atoms with Gasteiger partial charge in [0, 0.05) is 10.5 Å². The average molecular weight is 289 g/mol. The highest BCUT2D eigenvalue weighted by Gasteiger charge is 2.12. The molecule has 0 aliphatic rings. The van der Waals surface area contributed by atoms with E-state index in [0.29, 0.717) is 5.69 Å². The van der Waals surface area contributed by atoms with E-state index in [4.69, 9.17) is 0 Å². The first kappa shape index (κ1) is 11.1. The van der Waals surface area contributed by atoms with E-state index in [2.05, 4.69) is 21.0 Å². The van der Waals surface area contributed by atoms with Gasteiger partial charge in [-0.3, -0.25) is 9.89 Å². The van der Waals surface area contributed by atoms with Crippen LogP contribution < -0.4 is 5.56 Å². The van der Waals surface area contributed by atoms with Gasteiger partial charge in [-0.05, 0) is 24.3 Å². The van der Waals surface area contributed by atoms with Crippen molar-refractivity contribution in [2.75, 3.05) is 0 Å². The van der Waals surface area contributed by atoms with E-state index in [1.165, 1.54) is 0 Å². The number of rotatable bonds is 2. The average Bonchev–Trinajstić information content (AvgIpc) is 2.62. The van der Waals surface area contributed by atoms with Crippen molar-refractivity contribution in [2.45, 2.75) is 6.43 Å². The molecule has 1 heterocycles. The van der Waals surface area contributed by atoms with Crippen molar-refractivity contribution in [2.24, 2.45) is 0 Å². The van der Waals surface area contributed by atoms with E-state index >= 15 is 0 Å². The summed E-state index contributed by atoms with van der Waals surface area (Å²) in [5.74, 6) is 0. The van der Waals surface area contributed by atoms with Crippen molar-refractivity contribution in [1.29, 1.82) is 0 Å². The normalized spacial score (nSPS) is 11.0. The van der Waals surface area contributed by atoms with Crippen LogP contribution in [0.15, 0.2) is 39.6 Å². The number of hydrogen-bond acceptors (Lipinski definition) is 1. The summed E-state index contributed by atoms with van der Waals surface area (Å²) in [4.78, 5) is 11.4. The number of alkyl halides is 2. The van der Waals surface area contributed by atoms with Crippen LogP contribution in [0.5, 0.6) is 0 Å². The van der Waals surface area contributed by atoms with Crippen LogP contribution in [0.4, 0.5) is 8.78 Å². The quantitative estimate of drug-likeness (QED) is 0.907. The summed E-state index contributed by atoms with van der Waals surface area (Å²) in [5, 5.41) is 2.36. The van der Waals surface area contributed by atoms with E-state index in [1.807, 2.05) is 0 Å². The van der Waals surface area contributed by atoms with Gasteiger partial charge in [-0.1, -0.05) is 15.9 Å². The number of H-pyrrole nitrogens is 1. The molecule has 2 aromatic rings. The fourth-order valence-corrected chi connectivity index (χ4v) is 1.57. The first-order valence-corrected chi connectivity index (χ1v) is 5.23. The molecule has 0 spiro atoms. The second-order valence-corrected chi connectivity index (χ2v) is 4.08. The lowest BCUT2D eigenvalue weighted by Gasteiger charge is -2.01. The summed E-state index contributed by atoms with van der Waals surface area (Å²) >= 11 is 3.25. The third-order valence-corrected chi connectivity index (χ3v) is 2.59. The minimum atomic E-state index is -2.68. The molecule has 0 atom stereocenters. The van der Waals surface area contributed by atoms with Crippen LogP contribution in [0.2, 0.25) is 0 Å². The van der Waals surface area contributed by atoms with Gasteiger partial charge in [-0.2, -0.15) is 0 Å². The summed E-state index contributed by atoms with van der Waals surface area (Å²) in [5.41, 5.74) is -0.370. The highest BCUT2D eigenvalue weighted by Crippen LogP contribution is 2.16. The Labute approximate surface area is 97.8 Å². The molecule has 0 aliphatic heterocycles. The number of nitrogens with one attached hydrogen (secondary N) is 1. The lowest BCUT2D eigenvalue weighted by molar-refractivity contribution is 0.145. The van der Waals surface area contributed by atoms with Crippen LogP contribution in [0.25, 0.3) is 5.69 Å². The number of nitrogens with zero attached hydrogens (tertiary/aromatic N) is 1. The van der Waals surface area contributed by atoms with Gasteiger partial charge in [-0.25, -0.2) is 13.5 Å². The van der Waals surface area contributed by atoms with Crippen LogP contribution in [-0.4, -0.2) is 9.78 Å². The Morgan fingerprint density at radius 1 is 1.25 bits per heavy atom. The lowest BCUT2D eigenvalue weighted by Crippen LogP contribution is -2.13. The van der Waals surface area contributed by atoms with Gasteiger partial charge >= 0.3 is 0 Å². The van der Waals surface area contributed by atoms with Crippen molar-refractivity contribution < 1.29 is 8.78 Å². The second kappa shape index (κ2) is 4.21. The molecule has 0 radical (unpaired) electrons. The Balaban J connectivity index is 2.48. The Morgan fingerprint density at radius 3 is 2.38 bits per heavy atom. The maximum atomic E-state index is 12.3. The number of halogens is 3. The second-order valence-electron chi connectivity index (χ2n) is 3.16. The molecule has 1 aromatic heterocycles. The van der Waals surface area contributed by atoms with Crippen molar-refractivity contribution in [3.8, 4) is 5.69 Å². The summed E-state index contributed by atoms with van der Waals surface area (Å²) in [7, 11) is 0. The van der Waals surface area contributed by atoms with Crippen LogP contribution in [0.3, 0.4) is 0 Å². The van der Waals surface area contributed by atoms with Crippen LogP contribution in [0, 0.1) is 0 Å². The number of benzene rings is 1. The number of aromatic amines is 1. The fourth-order valence-electron chi connectivity index (χ4n) is 1.31. The first-order valence-electron chi connectivity index (χ1n) is 4.44. The molecule has 1 N–H and O–H groups in total. The SMILES string of the molecule is O=c1cc(C(F)F)[nH]n1-c1ccc(Br)cc1. The molecular formula is C10H7BrF2N2O. The third kappa shape index (κ3) is 2.06. The van der Waals surface area contributed by atoms with Crippen molar-refractivity contribution in [3.05, 3.63) is 50.9 Å². The molecule has 0 aliphatic carbocycles. The zero-order valence-corrected chi connectivity index (χ0v) is 9.54. The van der Waals surface area contributed by atoms with E-state index in [9.17, 15) is 13.6 Å². The third-order valence-electron chi connectivity index (χ3n) is 2.06. The lowest BCUT2D eigenvalue weighted by atomic mass is 10.3. The smallest absolute Gasteiger partial charge is 0.279 e. The van der Waals surface area contributed by atoms with E-state index in [1.54, 1.807) is 24.3 Å². The van der Waals surface area contributed by atoms with Gasteiger partial charge in [0.05, 0.1) is 5.69 Å². The van der Waals surface area contributed by atoms with E-state index in [0.717, 1.165) is 15.2 Å². The van der Waals surface area contributed by atoms with Crippen molar-refractivity contribution in [1.82, 2.24) is 9.78 Å². The van der Waals surface area contributed by atoms with Gasteiger partial charge in [0.2, 0.25) is 0 Å². The molecule has 0 unspecified atom stereocenters. The van der Waals surface area contributed by atoms with Gasteiger partial charge in [0.1, 0.15) is 5.69 Å². The zero-order chi connectivity index (χ0) is 11.7. The highest BCUT2D eigenvalue weighted by atomic mass is 79.9. The molecule has 0 amide bonds. The molecular weight excluding hydrogens is 282 g/mol. The minimum absolute atomic E-state index is 0.382. The number of aromatic nitrogens is 2. The van der Waals surface area contributed by atoms with Gasteiger partial charge in [-0.15, -0.1) is 0 Å². The minimum Gasteiger partial charge on any atom is -0.289 e. The van der Waals surface area contributed by atoms with Gasteiger partial charge in [0.15, 0.2) is 0 Å². The largest absolute Gasteiger partial charge is 0.289 e. The molecule has 1 aromatic carbocycles. The van der Waals surface area contributed by atoms with E-state index in [-0.39, 0.29) is 5.69 Å². The van der Waals surface area contributed by atoms with Crippen molar-refractivity contribution >= 4 is 15.9 Å². The predicted octanol–water partition coefficient (Wildman–Crippen LogP) is 2.87. The van der Waals surface area contributed by atoms with Gasteiger partial charge in [0.25, 0.3) is 12.0 Å². The predicted molar refractivity (Wildman–Crippen MR) is 59.0 cm³/mol. The molecule has 6 heteroatoms. The maximum absolute atomic E-state index is 12.3. The van der Waals surface area contributed by atoms with Crippen LogP contribution in [-0.2, 0) is 0 Å².